The lowest BCUT2D eigenvalue weighted by molar-refractivity contribution is -0.118. The molecule has 0 aliphatic carbocycles. The van der Waals surface area contributed by atoms with E-state index in [4.69, 9.17) is 9.47 Å². The number of para-hydroxylation sites is 1. The monoisotopic (exact) mass is 418 g/mol. The first-order chi connectivity index (χ1) is 12.6. The Bertz CT molecular complexity index is 791. The van der Waals surface area contributed by atoms with E-state index in [0.717, 1.165) is 4.47 Å². The van der Waals surface area contributed by atoms with Gasteiger partial charge in [-0.3, -0.25) is 9.59 Å². The van der Waals surface area contributed by atoms with Crippen LogP contribution in [0.15, 0.2) is 53.0 Å². The SMILES string of the molecule is O=C(COc1ccccc1C(=O)N1CCOCC1)Nc1cccc(Br)c1. The molecule has 7 heteroatoms. The summed E-state index contributed by atoms with van der Waals surface area (Å²) in [6.45, 7) is 1.99. The van der Waals surface area contributed by atoms with Crippen LogP contribution in [0.5, 0.6) is 5.75 Å². The van der Waals surface area contributed by atoms with Crippen LogP contribution in [0.25, 0.3) is 0 Å². The number of hydrogen-bond acceptors (Lipinski definition) is 4. The number of carbonyl (C=O) groups is 2. The van der Waals surface area contributed by atoms with Crippen molar-refractivity contribution in [3.8, 4) is 5.75 Å². The third kappa shape index (κ3) is 4.83. The molecular formula is C19H19BrN2O4. The third-order valence-corrected chi connectivity index (χ3v) is 4.38. The number of anilines is 1. The van der Waals surface area contributed by atoms with E-state index in [1.54, 1.807) is 41.3 Å². The van der Waals surface area contributed by atoms with Crippen molar-refractivity contribution in [2.24, 2.45) is 0 Å². The maximum Gasteiger partial charge on any atom is 0.262 e. The number of benzene rings is 2. The number of rotatable bonds is 5. The average molecular weight is 419 g/mol. The van der Waals surface area contributed by atoms with Crippen LogP contribution in [-0.2, 0) is 9.53 Å². The number of halogens is 1. The van der Waals surface area contributed by atoms with Crippen molar-refractivity contribution in [1.82, 2.24) is 4.90 Å². The van der Waals surface area contributed by atoms with Gasteiger partial charge in [0.2, 0.25) is 0 Å². The topological polar surface area (TPSA) is 67.9 Å². The molecular weight excluding hydrogens is 400 g/mol. The molecule has 0 aromatic heterocycles. The minimum atomic E-state index is -0.295. The highest BCUT2D eigenvalue weighted by atomic mass is 79.9. The molecule has 26 heavy (non-hydrogen) atoms. The van der Waals surface area contributed by atoms with E-state index in [0.29, 0.717) is 43.3 Å². The summed E-state index contributed by atoms with van der Waals surface area (Å²) in [6, 6.07) is 14.3. The van der Waals surface area contributed by atoms with Crippen LogP contribution >= 0.6 is 15.9 Å². The Hall–Kier alpha value is -2.38. The van der Waals surface area contributed by atoms with Gasteiger partial charge in [-0.2, -0.15) is 0 Å². The third-order valence-electron chi connectivity index (χ3n) is 3.88. The number of nitrogens with zero attached hydrogens (tertiary/aromatic N) is 1. The van der Waals surface area contributed by atoms with Crippen LogP contribution in [-0.4, -0.2) is 49.6 Å². The Morgan fingerprint density at radius 2 is 1.88 bits per heavy atom. The molecule has 0 spiro atoms. The zero-order valence-electron chi connectivity index (χ0n) is 14.1. The molecule has 0 saturated carbocycles. The zero-order chi connectivity index (χ0) is 18.4. The summed E-state index contributed by atoms with van der Waals surface area (Å²) in [7, 11) is 0. The highest BCUT2D eigenvalue weighted by Crippen LogP contribution is 2.21. The Labute approximate surface area is 160 Å². The molecule has 1 saturated heterocycles. The van der Waals surface area contributed by atoms with Crippen LogP contribution in [0.4, 0.5) is 5.69 Å². The molecule has 0 radical (unpaired) electrons. The van der Waals surface area contributed by atoms with E-state index in [9.17, 15) is 9.59 Å². The Morgan fingerprint density at radius 1 is 1.12 bits per heavy atom. The molecule has 3 rings (SSSR count). The molecule has 1 fully saturated rings. The lowest BCUT2D eigenvalue weighted by Gasteiger charge is -2.27. The van der Waals surface area contributed by atoms with Crippen LogP contribution < -0.4 is 10.1 Å². The maximum atomic E-state index is 12.7. The van der Waals surface area contributed by atoms with Gasteiger partial charge in [0.1, 0.15) is 5.75 Å². The van der Waals surface area contributed by atoms with Crippen LogP contribution in [0.1, 0.15) is 10.4 Å². The van der Waals surface area contributed by atoms with Gasteiger partial charge in [-0.1, -0.05) is 34.1 Å². The summed E-state index contributed by atoms with van der Waals surface area (Å²) >= 11 is 3.36. The maximum absolute atomic E-state index is 12.7. The molecule has 136 valence electrons. The second-order valence-electron chi connectivity index (χ2n) is 5.75. The number of nitrogens with one attached hydrogen (secondary N) is 1. The Balaban J connectivity index is 1.62. The number of carbonyl (C=O) groups excluding carboxylic acids is 2. The zero-order valence-corrected chi connectivity index (χ0v) is 15.7. The van der Waals surface area contributed by atoms with Gasteiger partial charge in [0.15, 0.2) is 6.61 Å². The summed E-state index contributed by atoms with van der Waals surface area (Å²) < 4.78 is 11.8. The first kappa shape index (κ1) is 18.4. The molecule has 0 atom stereocenters. The van der Waals surface area contributed by atoms with Gasteiger partial charge in [0, 0.05) is 23.2 Å². The second kappa shape index (κ2) is 8.82. The predicted molar refractivity (Wildman–Crippen MR) is 101 cm³/mol. The van der Waals surface area contributed by atoms with Gasteiger partial charge in [-0.05, 0) is 30.3 Å². The molecule has 2 aromatic rings. The molecule has 1 aliphatic heterocycles. The Kier molecular flexibility index (Phi) is 6.25. The van der Waals surface area contributed by atoms with Crippen molar-refractivity contribution < 1.29 is 19.1 Å². The molecule has 0 unspecified atom stereocenters. The second-order valence-corrected chi connectivity index (χ2v) is 6.66. The minimum Gasteiger partial charge on any atom is -0.483 e. The van der Waals surface area contributed by atoms with Gasteiger partial charge >= 0.3 is 0 Å². The first-order valence-corrected chi connectivity index (χ1v) is 9.07. The summed E-state index contributed by atoms with van der Waals surface area (Å²) in [5, 5.41) is 2.76. The highest BCUT2D eigenvalue weighted by molar-refractivity contribution is 9.10. The predicted octanol–water partition coefficient (Wildman–Crippen LogP) is 2.94. The van der Waals surface area contributed by atoms with Crippen LogP contribution in [0, 0.1) is 0 Å². The summed E-state index contributed by atoms with van der Waals surface area (Å²) in [5.74, 6) is -0.0126. The fourth-order valence-electron chi connectivity index (χ4n) is 2.61. The van der Waals surface area contributed by atoms with E-state index in [2.05, 4.69) is 21.2 Å². The molecule has 2 aromatic carbocycles. The van der Waals surface area contributed by atoms with E-state index in [1.807, 2.05) is 12.1 Å². The number of hydrogen-bond donors (Lipinski definition) is 1. The van der Waals surface area contributed by atoms with E-state index < -0.39 is 0 Å². The van der Waals surface area contributed by atoms with Crippen LogP contribution in [0.2, 0.25) is 0 Å². The minimum absolute atomic E-state index is 0.115. The largest absolute Gasteiger partial charge is 0.483 e. The van der Waals surface area contributed by atoms with E-state index in [1.165, 1.54) is 0 Å². The smallest absolute Gasteiger partial charge is 0.262 e. The highest BCUT2D eigenvalue weighted by Gasteiger charge is 2.21. The molecule has 6 nitrogen and oxygen atoms in total. The fourth-order valence-corrected chi connectivity index (χ4v) is 3.01. The lowest BCUT2D eigenvalue weighted by atomic mass is 10.1. The summed E-state index contributed by atoms with van der Waals surface area (Å²) in [4.78, 5) is 26.5. The standard InChI is InChI=1S/C19H19BrN2O4/c20-14-4-3-5-15(12-14)21-18(23)13-26-17-7-2-1-6-16(17)19(24)22-8-10-25-11-9-22/h1-7,12H,8-11,13H2,(H,21,23). The summed E-state index contributed by atoms with van der Waals surface area (Å²) in [5.41, 5.74) is 1.12. The molecule has 1 heterocycles. The van der Waals surface area contributed by atoms with Crippen molar-refractivity contribution in [2.45, 2.75) is 0 Å². The molecule has 1 N–H and O–H groups in total. The number of amides is 2. The fraction of sp³-hybridized carbons (Fsp3) is 0.263. The van der Waals surface area contributed by atoms with Crippen molar-refractivity contribution >= 4 is 33.4 Å². The molecule has 2 amide bonds. The van der Waals surface area contributed by atoms with Crippen LogP contribution in [0.3, 0.4) is 0 Å². The van der Waals surface area contributed by atoms with Gasteiger partial charge < -0.3 is 19.7 Å². The Morgan fingerprint density at radius 3 is 2.65 bits per heavy atom. The number of morpholine rings is 1. The molecule has 0 bridgehead atoms. The lowest BCUT2D eigenvalue weighted by Crippen LogP contribution is -2.40. The van der Waals surface area contributed by atoms with Gasteiger partial charge in [-0.15, -0.1) is 0 Å². The van der Waals surface area contributed by atoms with Gasteiger partial charge in [-0.25, -0.2) is 0 Å². The van der Waals surface area contributed by atoms with Gasteiger partial charge in [0.05, 0.1) is 18.8 Å². The quantitative estimate of drug-likeness (QED) is 0.810. The van der Waals surface area contributed by atoms with Gasteiger partial charge in [0.25, 0.3) is 11.8 Å². The van der Waals surface area contributed by atoms with E-state index in [-0.39, 0.29) is 18.4 Å². The van der Waals surface area contributed by atoms with Crippen molar-refractivity contribution in [3.63, 3.8) is 0 Å². The summed E-state index contributed by atoms with van der Waals surface area (Å²) in [6.07, 6.45) is 0. The number of ether oxygens (including phenoxy) is 2. The molecule has 1 aliphatic rings. The first-order valence-electron chi connectivity index (χ1n) is 8.28. The normalized spacial score (nSPS) is 14.0. The van der Waals surface area contributed by atoms with E-state index >= 15 is 0 Å². The van der Waals surface area contributed by atoms with Crippen molar-refractivity contribution in [1.29, 1.82) is 0 Å². The van der Waals surface area contributed by atoms with Crippen molar-refractivity contribution in [3.05, 3.63) is 58.6 Å². The van der Waals surface area contributed by atoms with Crippen molar-refractivity contribution in [2.75, 3.05) is 38.2 Å². The average Bonchev–Trinajstić information content (AvgIpc) is 2.67.